The smallest absolute Gasteiger partial charge is 0.271 e. The number of carbonyl (C=O) groups is 1. The van der Waals surface area contributed by atoms with Crippen LogP contribution in [0.5, 0.6) is 5.75 Å². The molecule has 1 atom stereocenters. The average Bonchev–Trinajstić information content (AvgIpc) is 3.34. The average molecular weight is 483 g/mol. The van der Waals surface area contributed by atoms with E-state index < -0.39 is 17.3 Å². The van der Waals surface area contributed by atoms with Crippen LogP contribution >= 0.6 is 0 Å². The third-order valence-electron chi connectivity index (χ3n) is 6.09. The quantitative estimate of drug-likeness (QED) is 0.359. The highest BCUT2D eigenvalue weighted by atomic mass is 19.1. The monoisotopic (exact) mass is 482 g/mol. The largest absolute Gasteiger partial charge is 0.497 e. The summed E-state index contributed by atoms with van der Waals surface area (Å²) in [5.74, 6) is -0.265. The Labute approximate surface area is 206 Å². The highest BCUT2D eigenvalue weighted by Crippen LogP contribution is 2.31. The van der Waals surface area contributed by atoms with E-state index in [4.69, 9.17) is 4.74 Å². The van der Waals surface area contributed by atoms with Crippen molar-refractivity contribution in [3.05, 3.63) is 124 Å². The molecule has 180 valence electrons. The summed E-state index contributed by atoms with van der Waals surface area (Å²) >= 11 is 0. The molecule has 8 heteroatoms. The Kier molecular flexibility index (Phi) is 6.32. The maximum Gasteiger partial charge on any atom is 0.271 e. The van der Waals surface area contributed by atoms with Crippen LogP contribution in [-0.2, 0) is 0 Å². The number of carbonyl (C=O) groups excluding carboxylic acids is 1. The van der Waals surface area contributed by atoms with Gasteiger partial charge in [0.1, 0.15) is 17.3 Å². The van der Waals surface area contributed by atoms with Crippen molar-refractivity contribution in [3.63, 3.8) is 0 Å². The summed E-state index contributed by atoms with van der Waals surface area (Å²) in [4.78, 5) is 28.7. The second kappa shape index (κ2) is 9.87. The molecule has 0 aliphatic rings. The predicted molar refractivity (Wildman–Crippen MR) is 135 cm³/mol. The van der Waals surface area contributed by atoms with Gasteiger partial charge >= 0.3 is 0 Å². The summed E-state index contributed by atoms with van der Waals surface area (Å²) in [5, 5.41) is 8.23. The van der Waals surface area contributed by atoms with E-state index in [1.807, 2.05) is 54.7 Å². The normalized spacial score (nSPS) is 11.8. The molecule has 5 aromatic rings. The number of nitrogens with zero attached hydrogens (tertiary/aromatic N) is 2. The molecule has 5 rings (SSSR count). The second-order valence-electron chi connectivity index (χ2n) is 8.27. The zero-order valence-corrected chi connectivity index (χ0v) is 19.4. The number of hydrogen-bond acceptors (Lipinski definition) is 4. The molecule has 0 fully saturated rings. The molecule has 0 saturated carbocycles. The summed E-state index contributed by atoms with van der Waals surface area (Å²) in [6.45, 7) is 0.296. The maximum atomic E-state index is 13.3. The molecule has 36 heavy (non-hydrogen) atoms. The Morgan fingerprint density at radius 1 is 1.03 bits per heavy atom. The van der Waals surface area contributed by atoms with Crippen molar-refractivity contribution in [3.8, 4) is 11.4 Å². The van der Waals surface area contributed by atoms with Crippen LogP contribution in [0.3, 0.4) is 0 Å². The molecule has 1 unspecified atom stereocenters. The highest BCUT2D eigenvalue weighted by molar-refractivity contribution is 5.92. The zero-order chi connectivity index (χ0) is 25.1. The number of fused-ring (bicyclic) bond motifs is 1. The van der Waals surface area contributed by atoms with Crippen molar-refractivity contribution in [1.82, 2.24) is 20.1 Å². The Balaban J connectivity index is 1.44. The van der Waals surface area contributed by atoms with Crippen LogP contribution in [0, 0.1) is 5.82 Å². The number of aromatic nitrogens is 3. The number of hydrogen-bond donors (Lipinski definition) is 2. The van der Waals surface area contributed by atoms with Crippen molar-refractivity contribution >= 4 is 16.8 Å². The minimum Gasteiger partial charge on any atom is -0.497 e. The van der Waals surface area contributed by atoms with Gasteiger partial charge in [-0.25, -0.2) is 4.39 Å². The van der Waals surface area contributed by atoms with Gasteiger partial charge in [-0.05, 0) is 59.7 Å². The number of benzene rings is 3. The molecule has 0 spiro atoms. The second-order valence-corrected chi connectivity index (χ2v) is 8.27. The summed E-state index contributed by atoms with van der Waals surface area (Å²) in [5.41, 5.74) is 3.07. The van der Waals surface area contributed by atoms with E-state index in [2.05, 4.69) is 15.4 Å². The predicted octanol–water partition coefficient (Wildman–Crippen LogP) is 4.42. The van der Waals surface area contributed by atoms with Crippen LogP contribution in [0.15, 0.2) is 95.9 Å². The van der Waals surface area contributed by atoms with Gasteiger partial charge in [-0.1, -0.05) is 30.3 Å². The van der Waals surface area contributed by atoms with Gasteiger partial charge in [0, 0.05) is 35.6 Å². The minimum atomic E-state index is -0.428. The third kappa shape index (κ3) is 4.61. The Morgan fingerprint density at radius 3 is 2.53 bits per heavy atom. The van der Waals surface area contributed by atoms with Gasteiger partial charge in [-0.2, -0.15) is 9.78 Å². The van der Waals surface area contributed by atoms with Crippen molar-refractivity contribution in [2.45, 2.75) is 5.92 Å². The van der Waals surface area contributed by atoms with Gasteiger partial charge in [0.25, 0.3) is 11.5 Å². The highest BCUT2D eigenvalue weighted by Gasteiger charge is 2.20. The first-order valence-electron chi connectivity index (χ1n) is 11.4. The van der Waals surface area contributed by atoms with Crippen LogP contribution in [0.25, 0.3) is 16.6 Å². The SMILES string of the molecule is COc1ccc(C(CNC(=O)c2ccc(=O)n(-c3ccc(F)cc3)n2)c2c[nH]c3ccccc23)cc1. The summed E-state index contributed by atoms with van der Waals surface area (Å²) in [6.07, 6.45) is 1.96. The fraction of sp³-hybridized carbons (Fsp3) is 0.107. The van der Waals surface area contributed by atoms with Gasteiger partial charge in [0.05, 0.1) is 12.8 Å². The zero-order valence-electron chi connectivity index (χ0n) is 19.4. The summed E-state index contributed by atoms with van der Waals surface area (Å²) < 4.78 is 19.7. The Hall–Kier alpha value is -4.72. The lowest BCUT2D eigenvalue weighted by molar-refractivity contribution is 0.0945. The first-order valence-corrected chi connectivity index (χ1v) is 11.4. The van der Waals surface area contributed by atoms with E-state index in [9.17, 15) is 14.0 Å². The Bertz CT molecular complexity index is 1570. The van der Waals surface area contributed by atoms with E-state index in [1.54, 1.807) is 7.11 Å². The van der Waals surface area contributed by atoms with E-state index in [-0.39, 0.29) is 11.6 Å². The van der Waals surface area contributed by atoms with E-state index in [0.29, 0.717) is 12.2 Å². The van der Waals surface area contributed by atoms with Crippen LogP contribution in [0.1, 0.15) is 27.5 Å². The third-order valence-corrected chi connectivity index (χ3v) is 6.09. The van der Waals surface area contributed by atoms with Crippen LogP contribution in [0.2, 0.25) is 0 Å². The number of methoxy groups -OCH3 is 1. The van der Waals surface area contributed by atoms with Gasteiger partial charge in [-0.3, -0.25) is 9.59 Å². The van der Waals surface area contributed by atoms with Crippen LogP contribution in [-0.4, -0.2) is 34.3 Å². The molecule has 2 aromatic heterocycles. The van der Waals surface area contributed by atoms with Crippen molar-refractivity contribution in [2.24, 2.45) is 0 Å². The molecule has 7 nitrogen and oxygen atoms in total. The van der Waals surface area contributed by atoms with Crippen molar-refractivity contribution in [1.29, 1.82) is 0 Å². The van der Waals surface area contributed by atoms with Gasteiger partial charge in [0.2, 0.25) is 0 Å². The molecule has 0 bridgehead atoms. The maximum absolute atomic E-state index is 13.3. The minimum absolute atomic E-state index is 0.0753. The van der Waals surface area contributed by atoms with E-state index in [0.717, 1.165) is 32.5 Å². The topological polar surface area (TPSA) is 89.0 Å². The fourth-order valence-corrected chi connectivity index (χ4v) is 4.21. The lowest BCUT2D eigenvalue weighted by atomic mass is 9.90. The number of nitrogens with one attached hydrogen (secondary N) is 2. The molecule has 3 aromatic carbocycles. The number of rotatable bonds is 7. The first-order chi connectivity index (χ1) is 17.5. The molecule has 0 saturated heterocycles. The number of amides is 1. The van der Waals surface area contributed by atoms with E-state index >= 15 is 0 Å². The first kappa shape index (κ1) is 23.0. The molecule has 0 radical (unpaired) electrons. The number of para-hydroxylation sites is 1. The summed E-state index contributed by atoms with van der Waals surface area (Å²) in [6, 6.07) is 23.7. The van der Waals surface area contributed by atoms with Crippen LogP contribution in [0.4, 0.5) is 4.39 Å². The molecular formula is C28H23FN4O3. The van der Waals surface area contributed by atoms with Crippen molar-refractivity contribution < 1.29 is 13.9 Å². The van der Waals surface area contributed by atoms with E-state index in [1.165, 1.54) is 36.4 Å². The summed E-state index contributed by atoms with van der Waals surface area (Å²) in [7, 11) is 1.62. The lowest BCUT2D eigenvalue weighted by Crippen LogP contribution is -2.32. The number of halogens is 1. The standard InChI is InChI=1S/C28H23FN4O3/c1-36-21-12-6-18(7-13-21)23(24-17-30-25-5-3-2-4-22(24)25)16-31-28(35)26-14-15-27(34)33(32-26)20-10-8-19(29)9-11-20/h2-15,17,23,30H,16H2,1H3,(H,31,35). The Morgan fingerprint density at radius 2 is 1.78 bits per heavy atom. The molecule has 0 aliphatic heterocycles. The molecule has 2 heterocycles. The number of ether oxygens (including phenoxy) is 1. The van der Waals surface area contributed by atoms with Gasteiger partial charge < -0.3 is 15.0 Å². The van der Waals surface area contributed by atoms with Crippen molar-refractivity contribution in [2.75, 3.05) is 13.7 Å². The molecular weight excluding hydrogens is 459 g/mol. The number of H-pyrrole nitrogens is 1. The molecule has 1 amide bonds. The number of aromatic amines is 1. The van der Waals surface area contributed by atoms with Gasteiger partial charge in [0.15, 0.2) is 0 Å². The fourth-order valence-electron chi connectivity index (χ4n) is 4.21. The lowest BCUT2D eigenvalue weighted by Gasteiger charge is -2.18. The van der Waals surface area contributed by atoms with Gasteiger partial charge in [-0.15, -0.1) is 0 Å². The van der Waals surface area contributed by atoms with Crippen LogP contribution < -0.4 is 15.6 Å². The molecule has 2 N–H and O–H groups in total. The molecule has 0 aliphatic carbocycles.